The number of nitrogens with zero attached hydrogens (tertiary/aromatic N) is 6. The number of aryl methyl sites for hydroxylation is 1. The van der Waals surface area contributed by atoms with Crippen molar-refractivity contribution in [1.82, 2.24) is 19.5 Å². The maximum Gasteiger partial charge on any atom is 0.433 e. The quantitative estimate of drug-likeness (QED) is 0.686. The molecule has 4 rings (SSSR count). The highest BCUT2D eigenvalue weighted by Gasteiger charge is 2.34. The van der Waals surface area contributed by atoms with Crippen LogP contribution in [0.25, 0.3) is 11.0 Å². The molecule has 3 aromatic rings. The van der Waals surface area contributed by atoms with Crippen LogP contribution in [0.1, 0.15) is 5.69 Å². The molecule has 0 unspecified atom stereocenters. The number of halogens is 3. The summed E-state index contributed by atoms with van der Waals surface area (Å²) in [6.07, 6.45) is -0.194. The van der Waals surface area contributed by atoms with Gasteiger partial charge in [-0.25, -0.2) is 9.97 Å². The molecule has 0 spiro atoms. The molecule has 0 aliphatic carbocycles. The molecule has 0 N–H and O–H groups in total. The van der Waals surface area contributed by atoms with Crippen LogP contribution < -0.4 is 9.80 Å². The van der Waals surface area contributed by atoms with Crippen molar-refractivity contribution in [3.05, 3.63) is 42.6 Å². The van der Waals surface area contributed by atoms with E-state index in [0.29, 0.717) is 12.4 Å². The molecule has 1 fully saturated rings. The highest BCUT2D eigenvalue weighted by molar-refractivity contribution is 5.99. The van der Waals surface area contributed by atoms with Gasteiger partial charge in [0.05, 0.1) is 11.9 Å². The molecule has 4 heterocycles. The Labute approximate surface area is 152 Å². The minimum absolute atomic E-state index is 0.0185. The van der Waals surface area contributed by atoms with Crippen molar-refractivity contribution >= 4 is 28.4 Å². The fraction of sp³-hybridized carbons (Fsp3) is 0.294. The van der Waals surface area contributed by atoms with Crippen LogP contribution in [0.3, 0.4) is 0 Å². The molecule has 1 saturated heterocycles. The fourth-order valence-electron chi connectivity index (χ4n) is 3.19. The second kappa shape index (κ2) is 6.22. The number of piperazine rings is 1. The third-order valence-electron chi connectivity index (χ3n) is 4.51. The van der Waals surface area contributed by atoms with Crippen molar-refractivity contribution in [2.75, 3.05) is 29.4 Å². The van der Waals surface area contributed by atoms with Crippen molar-refractivity contribution in [3.8, 4) is 0 Å². The summed E-state index contributed by atoms with van der Waals surface area (Å²) >= 11 is 0. The minimum atomic E-state index is -4.55. The minimum Gasteiger partial charge on any atom is -0.345 e. The summed E-state index contributed by atoms with van der Waals surface area (Å²) in [5.74, 6) is 0.336. The normalized spacial score (nSPS) is 15.6. The Kier molecular flexibility index (Phi) is 3.97. The van der Waals surface area contributed by atoms with E-state index in [2.05, 4.69) is 15.0 Å². The highest BCUT2D eigenvalue weighted by Crippen LogP contribution is 2.31. The largest absolute Gasteiger partial charge is 0.433 e. The summed E-state index contributed by atoms with van der Waals surface area (Å²) in [5.41, 5.74) is -0.0784. The summed E-state index contributed by atoms with van der Waals surface area (Å²) in [7, 11) is 1.86. The van der Waals surface area contributed by atoms with Gasteiger partial charge in [-0.15, -0.1) is 0 Å². The highest BCUT2D eigenvalue weighted by atomic mass is 19.4. The summed E-state index contributed by atoms with van der Waals surface area (Å²) in [6.45, 7) is 0.708. The zero-order chi connectivity index (χ0) is 19.2. The van der Waals surface area contributed by atoms with Crippen molar-refractivity contribution in [1.29, 1.82) is 0 Å². The molecule has 3 aromatic heterocycles. The first kappa shape index (κ1) is 17.3. The van der Waals surface area contributed by atoms with E-state index in [9.17, 15) is 18.0 Å². The van der Waals surface area contributed by atoms with E-state index in [4.69, 9.17) is 0 Å². The maximum absolute atomic E-state index is 12.9. The van der Waals surface area contributed by atoms with Crippen LogP contribution >= 0.6 is 0 Å². The molecule has 1 amide bonds. The number of amides is 1. The number of pyridine rings is 1. The van der Waals surface area contributed by atoms with Crippen LogP contribution in [0.5, 0.6) is 0 Å². The number of alkyl halides is 3. The Morgan fingerprint density at radius 1 is 1.11 bits per heavy atom. The molecule has 27 heavy (non-hydrogen) atoms. The van der Waals surface area contributed by atoms with Gasteiger partial charge in [0.25, 0.3) is 0 Å². The second-order valence-corrected chi connectivity index (χ2v) is 6.23. The summed E-state index contributed by atoms with van der Waals surface area (Å²) < 4.78 is 40.5. The van der Waals surface area contributed by atoms with Crippen molar-refractivity contribution in [2.24, 2.45) is 7.05 Å². The van der Waals surface area contributed by atoms with E-state index < -0.39 is 11.9 Å². The molecule has 10 heteroatoms. The van der Waals surface area contributed by atoms with Gasteiger partial charge in [0.1, 0.15) is 23.5 Å². The average molecular weight is 376 g/mol. The van der Waals surface area contributed by atoms with Gasteiger partial charge in [0.2, 0.25) is 5.91 Å². The SMILES string of the molecule is Cn1ccc2c(N3CCN(c4ccnc(C(F)(F)F)c4)C(=O)C3)ncnc21. The standard InChI is InChI=1S/C17H15F3N6O/c1-24-5-3-12-15(24)22-10-23-16(12)25-6-7-26(14(27)9-25)11-2-4-21-13(8-11)17(18,19)20/h2-5,8,10H,6-7,9H2,1H3. The van der Waals surface area contributed by atoms with Crippen LogP contribution in [-0.2, 0) is 18.0 Å². The Morgan fingerprint density at radius 2 is 1.93 bits per heavy atom. The van der Waals surface area contributed by atoms with Gasteiger partial charge < -0.3 is 14.4 Å². The first-order valence-corrected chi connectivity index (χ1v) is 8.19. The molecule has 140 valence electrons. The van der Waals surface area contributed by atoms with E-state index in [1.165, 1.54) is 17.3 Å². The number of hydrogen-bond acceptors (Lipinski definition) is 5. The number of aromatic nitrogens is 4. The summed E-state index contributed by atoms with van der Waals surface area (Å²) in [5, 5.41) is 0.824. The Bertz CT molecular complexity index is 1020. The lowest BCUT2D eigenvalue weighted by atomic mass is 10.2. The van der Waals surface area contributed by atoms with Gasteiger partial charge in [0.15, 0.2) is 0 Å². The predicted molar refractivity (Wildman–Crippen MR) is 92.3 cm³/mol. The van der Waals surface area contributed by atoms with Gasteiger partial charge in [-0.05, 0) is 18.2 Å². The van der Waals surface area contributed by atoms with E-state index >= 15 is 0 Å². The molecule has 0 saturated carbocycles. The average Bonchev–Trinajstić information content (AvgIpc) is 3.02. The second-order valence-electron chi connectivity index (χ2n) is 6.23. The monoisotopic (exact) mass is 376 g/mol. The number of rotatable bonds is 2. The Balaban J connectivity index is 1.59. The first-order valence-electron chi connectivity index (χ1n) is 8.19. The molecule has 1 aliphatic rings. The Hall–Kier alpha value is -3.17. The van der Waals surface area contributed by atoms with Crippen molar-refractivity contribution in [2.45, 2.75) is 6.18 Å². The van der Waals surface area contributed by atoms with Gasteiger partial charge in [-0.2, -0.15) is 13.2 Å². The van der Waals surface area contributed by atoms with Gasteiger partial charge in [-0.1, -0.05) is 0 Å². The van der Waals surface area contributed by atoms with Crippen molar-refractivity contribution < 1.29 is 18.0 Å². The molecular formula is C17H15F3N6O. The maximum atomic E-state index is 12.9. The van der Waals surface area contributed by atoms with Crippen LogP contribution in [0.4, 0.5) is 24.7 Å². The third kappa shape index (κ3) is 3.07. The van der Waals surface area contributed by atoms with Gasteiger partial charge in [0, 0.05) is 38.2 Å². The number of anilines is 2. The molecule has 0 bridgehead atoms. The zero-order valence-corrected chi connectivity index (χ0v) is 14.3. The smallest absolute Gasteiger partial charge is 0.345 e. The molecule has 0 radical (unpaired) electrons. The number of fused-ring (bicyclic) bond motifs is 1. The molecular weight excluding hydrogens is 361 g/mol. The van der Waals surface area contributed by atoms with E-state index in [1.807, 2.05) is 28.8 Å². The summed E-state index contributed by atoms with van der Waals surface area (Å²) in [6, 6.07) is 4.18. The lowest BCUT2D eigenvalue weighted by Gasteiger charge is -2.35. The number of carbonyl (C=O) groups is 1. The lowest BCUT2D eigenvalue weighted by molar-refractivity contribution is -0.141. The molecule has 1 aliphatic heterocycles. The van der Waals surface area contributed by atoms with Crippen LogP contribution in [-0.4, -0.2) is 45.1 Å². The van der Waals surface area contributed by atoms with E-state index in [-0.39, 0.29) is 24.7 Å². The van der Waals surface area contributed by atoms with Crippen LogP contribution in [0.2, 0.25) is 0 Å². The summed E-state index contributed by atoms with van der Waals surface area (Å²) in [4.78, 5) is 27.6. The van der Waals surface area contributed by atoms with Gasteiger partial charge >= 0.3 is 6.18 Å². The van der Waals surface area contributed by atoms with Gasteiger partial charge in [-0.3, -0.25) is 9.78 Å². The fourth-order valence-corrected chi connectivity index (χ4v) is 3.19. The Morgan fingerprint density at radius 3 is 2.67 bits per heavy atom. The zero-order valence-electron chi connectivity index (χ0n) is 14.3. The predicted octanol–water partition coefficient (Wildman–Crippen LogP) is 2.24. The number of carbonyl (C=O) groups excluding carboxylic acids is 1. The molecule has 0 atom stereocenters. The first-order chi connectivity index (χ1) is 12.8. The van der Waals surface area contributed by atoms with Crippen molar-refractivity contribution in [3.63, 3.8) is 0 Å². The van der Waals surface area contributed by atoms with Crippen LogP contribution in [0.15, 0.2) is 36.9 Å². The third-order valence-corrected chi connectivity index (χ3v) is 4.51. The van der Waals surface area contributed by atoms with E-state index in [0.717, 1.165) is 23.3 Å². The van der Waals surface area contributed by atoms with E-state index in [1.54, 1.807) is 0 Å². The molecule has 0 aromatic carbocycles. The van der Waals surface area contributed by atoms with Crippen LogP contribution in [0, 0.1) is 0 Å². The topological polar surface area (TPSA) is 67.2 Å². The lowest BCUT2D eigenvalue weighted by Crippen LogP contribution is -2.51. The number of hydrogen-bond donors (Lipinski definition) is 0. The molecule has 7 nitrogen and oxygen atoms in total.